The highest BCUT2D eigenvalue weighted by molar-refractivity contribution is 7.09. The Balaban J connectivity index is 1.10. The number of alkyl carbamates (subject to hydrolysis) is 1. The molecule has 12 nitrogen and oxygen atoms in total. The number of likely N-dealkylation sites (tertiary alicyclic amines) is 1. The third kappa shape index (κ3) is 7.54. The fourth-order valence-corrected chi connectivity index (χ4v) is 6.51. The highest BCUT2D eigenvalue weighted by Gasteiger charge is 2.33. The number of aliphatic hydroxyl groups is 1. The Morgan fingerprint density at radius 1 is 1.09 bits per heavy atom. The second-order valence-electron chi connectivity index (χ2n) is 13.0. The third-order valence-corrected chi connectivity index (χ3v) is 9.25. The van der Waals surface area contributed by atoms with Crippen LogP contribution in [0.4, 0.5) is 4.79 Å². The molecule has 4 heterocycles. The van der Waals surface area contributed by atoms with Gasteiger partial charge in [0.2, 0.25) is 0 Å². The number of halogens is 1. The van der Waals surface area contributed by atoms with Crippen LogP contribution in [-0.2, 0) is 31.4 Å². The number of carbonyl (C=O) groups excluding carboxylic acids is 1. The predicted octanol–water partition coefficient (Wildman–Crippen LogP) is 5.02. The molecule has 0 aliphatic carbocycles. The van der Waals surface area contributed by atoms with Gasteiger partial charge in [0.05, 0.1) is 24.2 Å². The fourth-order valence-electron chi connectivity index (χ4n) is 5.75. The maximum Gasteiger partial charge on any atom is 0.407 e. The fraction of sp³-hybridized carbons (Fsp3) is 0.394. The molecule has 0 bridgehead atoms. The van der Waals surface area contributed by atoms with E-state index in [9.17, 15) is 14.7 Å². The summed E-state index contributed by atoms with van der Waals surface area (Å²) in [6.07, 6.45) is 3.55. The lowest BCUT2D eigenvalue weighted by Gasteiger charge is -2.38. The van der Waals surface area contributed by atoms with Gasteiger partial charge < -0.3 is 15.2 Å². The first-order valence-electron chi connectivity index (χ1n) is 15.4. The summed E-state index contributed by atoms with van der Waals surface area (Å²) in [5.41, 5.74) is 3.20. The first-order valence-corrected chi connectivity index (χ1v) is 16.5. The second kappa shape index (κ2) is 13.1. The number of amides is 1. The van der Waals surface area contributed by atoms with Crippen molar-refractivity contribution in [1.29, 1.82) is 0 Å². The number of carbonyl (C=O) groups is 1. The number of fused-ring (bicyclic) bond motifs is 1. The standard InChI is InChI=1S/C33H37ClN8O4S/c1-32(2,3)46-31(44)35-16-21-5-7-22(8-6-21)28-26-27(39-40(28)4)30(43)42(20-37-26)18-33(45)11-13-41(14-12-33)17-24-10-9-23(15-25(24)34)29-36-19-38-47-29/h5-10,15,19-20,45H,11-14,16-18H2,1-4H3,(H,35,44). The molecule has 1 saturated heterocycles. The maximum absolute atomic E-state index is 13.6. The Morgan fingerprint density at radius 2 is 1.81 bits per heavy atom. The molecule has 0 spiro atoms. The molecule has 0 radical (unpaired) electrons. The summed E-state index contributed by atoms with van der Waals surface area (Å²) in [6.45, 7) is 7.88. The van der Waals surface area contributed by atoms with Crippen LogP contribution < -0.4 is 10.9 Å². The van der Waals surface area contributed by atoms with Gasteiger partial charge in [-0.15, -0.1) is 0 Å². The summed E-state index contributed by atoms with van der Waals surface area (Å²) in [7, 11) is 1.78. The first-order chi connectivity index (χ1) is 22.4. The van der Waals surface area contributed by atoms with E-state index in [2.05, 4.69) is 29.7 Å². The van der Waals surface area contributed by atoms with Gasteiger partial charge in [-0.1, -0.05) is 48.0 Å². The van der Waals surface area contributed by atoms with Gasteiger partial charge in [0.1, 0.15) is 22.5 Å². The van der Waals surface area contributed by atoms with Crippen LogP contribution in [0.5, 0.6) is 0 Å². The van der Waals surface area contributed by atoms with Crippen LogP contribution in [0.25, 0.3) is 32.9 Å². The largest absolute Gasteiger partial charge is 0.444 e. The number of nitrogens with one attached hydrogen (secondary N) is 1. The van der Waals surface area contributed by atoms with Crippen LogP contribution in [0.2, 0.25) is 5.02 Å². The van der Waals surface area contributed by atoms with Crippen molar-refractivity contribution in [3.8, 4) is 21.8 Å². The molecule has 2 N–H and O–H groups in total. The lowest BCUT2D eigenvalue weighted by molar-refractivity contribution is -0.0364. The zero-order chi connectivity index (χ0) is 33.3. The van der Waals surface area contributed by atoms with Gasteiger partial charge in [-0.05, 0) is 62.3 Å². The molecule has 1 aliphatic heterocycles. The summed E-state index contributed by atoms with van der Waals surface area (Å²) in [4.78, 5) is 36.7. The van der Waals surface area contributed by atoms with Gasteiger partial charge in [0.25, 0.3) is 5.56 Å². The van der Waals surface area contributed by atoms with E-state index in [-0.39, 0.29) is 17.6 Å². The molecule has 0 unspecified atom stereocenters. The maximum atomic E-state index is 13.6. The van der Waals surface area contributed by atoms with E-state index >= 15 is 0 Å². The van der Waals surface area contributed by atoms with Crippen molar-refractivity contribution in [2.24, 2.45) is 7.05 Å². The lowest BCUT2D eigenvalue weighted by atomic mass is 9.91. The molecule has 0 saturated carbocycles. The van der Waals surface area contributed by atoms with Gasteiger partial charge in [-0.3, -0.25) is 18.9 Å². The molecule has 1 aliphatic rings. The van der Waals surface area contributed by atoms with Crippen LogP contribution >= 0.6 is 23.1 Å². The van der Waals surface area contributed by atoms with Crippen molar-refractivity contribution in [2.75, 3.05) is 13.1 Å². The Bertz CT molecular complexity index is 1940. The average molecular weight is 677 g/mol. The van der Waals surface area contributed by atoms with Crippen LogP contribution in [-0.4, -0.2) is 69.1 Å². The predicted molar refractivity (Wildman–Crippen MR) is 181 cm³/mol. The number of rotatable bonds is 8. The molecular formula is C33H37ClN8O4S. The van der Waals surface area contributed by atoms with Crippen molar-refractivity contribution in [2.45, 2.75) is 64.4 Å². The summed E-state index contributed by atoms with van der Waals surface area (Å²) >= 11 is 7.93. The number of hydrogen-bond acceptors (Lipinski definition) is 10. The second-order valence-corrected chi connectivity index (χ2v) is 14.1. The summed E-state index contributed by atoms with van der Waals surface area (Å²) in [5.74, 6) is 0. The molecule has 14 heteroatoms. The SMILES string of the molecule is Cn1nc2c(=O)n(CC3(O)CCN(Cc4ccc(-c5ncns5)cc4Cl)CC3)cnc2c1-c1ccc(CNC(=O)OC(C)(C)C)cc1. The minimum Gasteiger partial charge on any atom is -0.444 e. The molecular weight excluding hydrogens is 640 g/mol. The summed E-state index contributed by atoms with van der Waals surface area (Å²) < 4.78 is 12.5. The molecule has 5 aromatic rings. The van der Waals surface area contributed by atoms with Gasteiger partial charge >= 0.3 is 6.09 Å². The van der Waals surface area contributed by atoms with E-state index in [1.807, 2.05) is 63.2 Å². The molecule has 1 amide bonds. The highest BCUT2D eigenvalue weighted by atomic mass is 35.5. The quantitative estimate of drug-likeness (QED) is 0.232. The number of nitrogens with zero attached hydrogens (tertiary/aromatic N) is 7. The van der Waals surface area contributed by atoms with Crippen molar-refractivity contribution < 1.29 is 14.6 Å². The number of ether oxygens (including phenoxy) is 1. The molecule has 246 valence electrons. The van der Waals surface area contributed by atoms with Crippen LogP contribution in [0.15, 0.2) is 59.9 Å². The topological polar surface area (TPSA) is 140 Å². The molecule has 1 fully saturated rings. The van der Waals surface area contributed by atoms with Crippen LogP contribution in [0.1, 0.15) is 44.7 Å². The Labute approximate surface area is 281 Å². The highest BCUT2D eigenvalue weighted by Crippen LogP contribution is 2.30. The lowest BCUT2D eigenvalue weighted by Crippen LogP contribution is -2.47. The normalized spacial score (nSPS) is 15.2. The van der Waals surface area contributed by atoms with Crippen LogP contribution in [0, 0.1) is 0 Å². The van der Waals surface area contributed by atoms with Crippen molar-refractivity contribution in [1.82, 2.24) is 38.9 Å². The van der Waals surface area contributed by atoms with Crippen LogP contribution in [0.3, 0.4) is 0 Å². The third-order valence-electron chi connectivity index (χ3n) is 8.18. The zero-order valence-corrected chi connectivity index (χ0v) is 28.3. The molecule has 2 aromatic carbocycles. The van der Waals surface area contributed by atoms with E-state index in [1.54, 1.807) is 11.7 Å². The number of aromatic nitrogens is 6. The number of hydrogen-bond donors (Lipinski definition) is 2. The van der Waals surface area contributed by atoms with Gasteiger partial charge in [-0.2, -0.15) is 9.47 Å². The van der Waals surface area contributed by atoms with E-state index in [1.165, 1.54) is 28.8 Å². The van der Waals surface area contributed by atoms with Crippen molar-refractivity contribution in [3.05, 3.63) is 81.6 Å². The van der Waals surface area contributed by atoms with E-state index in [0.717, 1.165) is 27.3 Å². The summed E-state index contributed by atoms with van der Waals surface area (Å²) in [5, 5.41) is 20.2. The Morgan fingerprint density at radius 3 is 2.47 bits per heavy atom. The Hall–Kier alpha value is -4.17. The average Bonchev–Trinajstić information content (AvgIpc) is 3.68. The minimum atomic E-state index is -1.05. The monoisotopic (exact) mass is 676 g/mol. The Kier molecular flexibility index (Phi) is 9.16. The van der Waals surface area contributed by atoms with Crippen molar-refractivity contribution >= 4 is 40.3 Å². The summed E-state index contributed by atoms with van der Waals surface area (Å²) in [6, 6.07) is 13.5. The van der Waals surface area contributed by atoms with E-state index in [0.29, 0.717) is 55.3 Å². The molecule has 3 aromatic heterocycles. The number of piperidine rings is 1. The number of benzene rings is 2. The molecule has 47 heavy (non-hydrogen) atoms. The van der Waals surface area contributed by atoms with E-state index in [4.69, 9.17) is 16.3 Å². The van der Waals surface area contributed by atoms with Gasteiger partial charge in [0.15, 0.2) is 5.52 Å². The van der Waals surface area contributed by atoms with Gasteiger partial charge in [0, 0.05) is 49.4 Å². The van der Waals surface area contributed by atoms with Crippen molar-refractivity contribution in [3.63, 3.8) is 0 Å². The number of aryl methyl sites for hydroxylation is 1. The van der Waals surface area contributed by atoms with E-state index < -0.39 is 17.3 Å². The molecule has 0 atom stereocenters. The van der Waals surface area contributed by atoms with Gasteiger partial charge in [-0.25, -0.2) is 14.8 Å². The zero-order valence-electron chi connectivity index (χ0n) is 26.7. The minimum absolute atomic E-state index is 0.130. The smallest absolute Gasteiger partial charge is 0.407 e. The molecule has 6 rings (SSSR count). The first kappa shape index (κ1) is 32.8.